The van der Waals surface area contributed by atoms with Gasteiger partial charge in [0, 0.05) is 6.42 Å². The van der Waals surface area contributed by atoms with E-state index in [2.05, 4.69) is 70.8 Å². The summed E-state index contributed by atoms with van der Waals surface area (Å²) in [4.78, 5) is 22.8. The highest BCUT2D eigenvalue weighted by molar-refractivity contribution is 6.01. The molecule has 8 unspecified atom stereocenters. The molecule has 0 saturated heterocycles. The first-order valence-electron chi connectivity index (χ1n) is 16.5. The zero-order chi connectivity index (χ0) is 28.9. The summed E-state index contributed by atoms with van der Waals surface area (Å²) < 4.78 is 0. The van der Waals surface area contributed by atoms with Crippen molar-refractivity contribution in [1.82, 2.24) is 9.97 Å². The van der Waals surface area contributed by atoms with Crippen molar-refractivity contribution in [3.8, 4) is 11.3 Å². The van der Waals surface area contributed by atoms with Crippen LogP contribution in [-0.2, 0) is 10.2 Å². The Balaban J connectivity index is 1.32. The van der Waals surface area contributed by atoms with Crippen LogP contribution in [0.2, 0.25) is 0 Å². The number of hydrogen-bond acceptors (Lipinski definition) is 3. The lowest BCUT2D eigenvalue weighted by Gasteiger charge is -2.71. The molecule has 0 spiro atoms. The van der Waals surface area contributed by atoms with E-state index in [1.807, 2.05) is 12.3 Å². The van der Waals surface area contributed by atoms with E-state index in [1.165, 1.54) is 31.3 Å². The van der Waals surface area contributed by atoms with Gasteiger partial charge in [-0.05, 0) is 114 Å². The summed E-state index contributed by atoms with van der Waals surface area (Å²) in [5.41, 5.74) is 5.14. The zero-order valence-electron chi connectivity index (χ0n) is 26.1. The maximum atomic E-state index is 14.0. The molecular formula is C37H50N2O2. The molecule has 2 N–H and O–H groups in total. The molecule has 0 aliphatic heterocycles. The third-order valence-electron chi connectivity index (χ3n) is 14.1. The number of ketones is 1. The van der Waals surface area contributed by atoms with Crippen LogP contribution < -0.4 is 0 Å². The summed E-state index contributed by atoms with van der Waals surface area (Å²) in [5, 5.41) is 10.8. The second-order valence-electron chi connectivity index (χ2n) is 15.8. The number of carbonyl (C=O) groups is 1. The molecule has 1 heterocycles. The molecule has 9 atom stereocenters. The number of rotatable bonds is 3. The van der Waals surface area contributed by atoms with Gasteiger partial charge in [-0.25, -0.2) is 4.98 Å². The van der Waals surface area contributed by atoms with Crippen LogP contribution in [0.1, 0.15) is 105 Å². The maximum absolute atomic E-state index is 14.0. The Morgan fingerprint density at radius 2 is 1.71 bits per heavy atom. The smallest absolute Gasteiger partial charge is 0.160 e. The number of aliphatic hydroxyl groups is 1. The van der Waals surface area contributed by atoms with Crippen LogP contribution in [0.5, 0.6) is 0 Å². The van der Waals surface area contributed by atoms with Gasteiger partial charge in [-0.2, -0.15) is 0 Å². The van der Waals surface area contributed by atoms with Crippen LogP contribution in [0.4, 0.5) is 0 Å². The van der Waals surface area contributed by atoms with Crippen molar-refractivity contribution >= 4 is 5.78 Å². The maximum Gasteiger partial charge on any atom is 0.160 e. The number of benzene rings is 1. The summed E-state index contributed by atoms with van der Waals surface area (Å²) in [6.07, 6.45) is 11.5. The molecule has 41 heavy (non-hydrogen) atoms. The molecule has 4 heteroatoms. The molecule has 4 nitrogen and oxygen atoms in total. The Labute approximate surface area is 246 Å². The normalized spacial score (nSPS) is 43.9. The van der Waals surface area contributed by atoms with Gasteiger partial charge in [0.15, 0.2) is 5.78 Å². The number of aliphatic hydroxyl groups excluding tert-OH is 1. The van der Waals surface area contributed by atoms with Gasteiger partial charge in [-0.15, -0.1) is 0 Å². The summed E-state index contributed by atoms with van der Waals surface area (Å²) in [6.45, 7) is 14.6. The van der Waals surface area contributed by atoms with Gasteiger partial charge in [-0.3, -0.25) is 4.79 Å². The summed E-state index contributed by atoms with van der Waals surface area (Å²) in [5.74, 6) is 3.69. The highest BCUT2D eigenvalue weighted by atomic mass is 16.3. The van der Waals surface area contributed by atoms with Crippen molar-refractivity contribution in [2.45, 2.75) is 111 Å². The van der Waals surface area contributed by atoms with Crippen LogP contribution in [0.25, 0.3) is 11.3 Å². The fourth-order valence-corrected chi connectivity index (χ4v) is 11.8. The Hall–Kier alpha value is -2.20. The number of aromatic amines is 1. The van der Waals surface area contributed by atoms with E-state index in [0.29, 0.717) is 41.3 Å². The topological polar surface area (TPSA) is 66.0 Å². The molecule has 0 bridgehead atoms. The summed E-state index contributed by atoms with van der Waals surface area (Å²) in [7, 11) is 0. The van der Waals surface area contributed by atoms with Gasteiger partial charge >= 0.3 is 0 Å². The van der Waals surface area contributed by atoms with E-state index in [4.69, 9.17) is 4.98 Å². The number of allylic oxidation sites excluding steroid dienone is 2. The molecule has 1 aromatic heterocycles. The van der Waals surface area contributed by atoms with Gasteiger partial charge in [0.25, 0.3) is 0 Å². The molecule has 5 aliphatic rings. The van der Waals surface area contributed by atoms with Crippen molar-refractivity contribution < 1.29 is 9.90 Å². The van der Waals surface area contributed by atoms with E-state index >= 15 is 0 Å². The quantitative estimate of drug-likeness (QED) is 0.401. The van der Waals surface area contributed by atoms with Crippen LogP contribution in [0.15, 0.2) is 47.7 Å². The van der Waals surface area contributed by atoms with Gasteiger partial charge in [-0.1, -0.05) is 71.9 Å². The average Bonchev–Trinajstić information content (AvgIpc) is 3.56. The van der Waals surface area contributed by atoms with E-state index in [0.717, 1.165) is 48.3 Å². The standard InChI is InChI=1S/C37H50N2O2/c1-22(2)31-29(41)20-37(33-38-21-27(39-33)24-10-8-7-9-11-24)19-18-35(5)26(32(31)37)12-13-30-34(4)16-15-28(40)23(3)25(34)14-17-36(30,35)6/h7-11,21-23,25-26,28,30,40H,12-20H2,1-6H3,(H,38,39)/t23?,25?,26?,28?,30?,34?,35-,36?,37?/m1/s1. The molecule has 4 fully saturated rings. The first kappa shape index (κ1) is 27.6. The van der Waals surface area contributed by atoms with Gasteiger partial charge in [0.05, 0.1) is 23.4 Å². The number of Topliss-reactive ketones (excluding diaryl/α,β-unsaturated/α-hetero) is 1. The lowest BCUT2D eigenvalue weighted by Crippen LogP contribution is -2.64. The Morgan fingerprint density at radius 3 is 2.44 bits per heavy atom. The number of hydrogen-bond donors (Lipinski definition) is 2. The summed E-state index contributed by atoms with van der Waals surface area (Å²) in [6, 6.07) is 10.5. The van der Waals surface area contributed by atoms with Crippen LogP contribution in [0, 0.1) is 45.8 Å². The van der Waals surface area contributed by atoms with E-state index in [9.17, 15) is 9.90 Å². The van der Waals surface area contributed by atoms with E-state index < -0.39 is 0 Å². The Morgan fingerprint density at radius 1 is 0.951 bits per heavy atom. The number of H-pyrrole nitrogens is 1. The van der Waals surface area contributed by atoms with Crippen molar-refractivity contribution in [3.63, 3.8) is 0 Å². The highest BCUT2D eigenvalue weighted by Crippen LogP contribution is 2.75. The predicted molar refractivity (Wildman–Crippen MR) is 164 cm³/mol. The number of fused-ring (bicyclic) bond motifs is 7. The minimum atomic E-state index is -0.304. The molecule has 0 radical (unpaired) electrons. The highest BCUT2D eigenvalue weighted by Gasteiger charge is 2.69. The van der Waals surface area contributed by atoms with Gasteiger partial charge in [0.1, 0.15) is 5.82 Å². The first-order valence-corrected chi connectivity index (χ1v) is 16.5. The second-order valence-corrected chi connectivity index (χ2v) is 15.8. The number of nitrogens with one attached hydrogen (secondary N) is 1. The number of nitrogens with zero attached hydrogens (tertiary/aromatic N) is 1. The Kier molecular flexibility index (Phi) is 6.16. The van der Waals surface area contributed by atoms with E-state index in [1.54, 1.807) is 0 Å². The van der Waals surface area contributed by atoms with Crippen LogP contribution in [0.3, 0.4) is 0 Å². The predicted octanol–water partition coefficient (Wildman–Crippen LogP) is 8.28. The lowest BCUT2D eigenvalue weighted by molar-refractivity contribution is -0.209. The molecular weight excluding hydrogens is 504 g/mol. The molecule has 1 aromatic carbocycles. The minimum absolute atomic E-state index is 0.142. The van der Waals surface area contributed by atoms with E-state index in [-0.39, 0.29) is 28.3 Å². The van der Waals surface area contributed by atoms with Crippen molar-refractivity contribution in [2.75, 3.05) is 0 Å². The molecule has 2 aromatic rings. The van der Waals surface area contributed by atoms with Crippen LogP contribution >= 0.6 is 0 Å². The van der Waals surface area contributed by atoms with Gasteiger partial charge < -0.3 is 10.1 Å². The third kappa shape index (κ3) is 3.55. The van der Waals surface area contributed by atoms with Crippen molar-refractivity contribution in [1.29, 1.82) is 0 Å². The van der Waals surface area contributed by atoms with Crippen molar-refractivity contribution in [2.24, 2.45) is 45.8 Å². The molecule has 0 amide bonds. The fourth-order valence-electron chi connectivity index (χ4n) is 11.8. The number of carbonyl (C=O) groups excluding carboxylic acids is 1. The SMILES string of the molecule is CC(C)C1=C2C3CCC4C5(C)CCC(O)C(C)C5CCC4(C)[C@]3(C)CCC2(c2ncc(-c3ccccc3)[nH]2)CC1=O. The minimum Gasteiger partial charge on any atom is -0.393 e. The zero-order valence-corrected chi connectivity index (χ0v) is 26.1. The number of aromatic nitrogens is 2. The Bertz CT molecular complexity index is 1390. The average molecular weight is 555 g/mol. The molecule has 7 rings (SSSR count). The summed E-state index contributed by atoms with van der Waals surface area (Å²) >= 11 is 0. The second kappa shape index (κ2) is 9.15. The third-order valence-corrected chi connectivity index (χ3v) is 14.1. The molecule has 5 aliphatic carbocycles. The molecule has 4 saturated carbocycles. The fraction of sp³-hybridized carbons (Fsp3) is 0.676. The monoisotopic (exact) mass is 554 g/mol. The number of imidazole rings is 1. The molecule has 220 valence electrons. The lowest BCUT2D eigenvalue weighted by atomic mass is 9.34. The first-order chi connectivity index (χ1) is 19.5. The largest absolute Gasteiger partial charge is 0.393 e. The van der Waals surface area contributed by atoms with Gasteiger partial charge in [0.2, 0.25) is 0 Å². The van der Waals surface area contributed by atoms with Crippen LogP contribution in [-0.4, -0.2) is 27.0 Å². The van der Waals surface area contributed by atoms with Crippen molar-refractivity contribution in [3.05, 3.63) is 53.5 Å².